The second-order valence-corrected chi connectivity index (χ2v) is 6.86. The van der Waals surface area contributed by atoms with Crippen molar-refractivity contribution in [3.63, 3.8) is 0 Å². The van der Waals surface area contributed by atoms with Gasteiger partial charge in [-0.25, -0.2) is 9.37 Å². The number of nitrogens with one attached hydrogen (secondary N) is 2. The maximum absolute atomic E-state index is 13.5. The van der Waals surface area contributed by atoms with E-state index in [1.165, 1.54) is 23.4 Å². The van der Waals surface area contributed by atoms with Gasteiger partial charge in [0.15, 0.2) is 17.4 Å². The molecule has 0 unspecified atom stereocenters. The van der Waals surface area contributed by atoms with Gasteiger partial charge in [0, 0.05) is 5.69 Å². The molecule has 1 heterocycles. The van der Waals surface area contributed by atoms with E-state index in [2.05, 4.69) is 20.5 Å². The monoisotopic (exact) mass is 386 g/mol. The van der Waals surface area contributed by atoms with Gasteiger partial charge in [-0.2, -0.15) is 0 Å². The molecule has 0 saturated heterocycles. The standard InChI is InChI=1S/C19H19FN4O2S/c1-12-7-8-14(9-13(12)2)21-18(25)11-27-19-22-17(23-24-19)10-26-16-6-4-3-5-15(16)20/h3-9H,10-11H2,1-2H3,(H,21,25)(H,22,23,24). The number of nitrogens with zero attached hydrogens (tertiary/aromatic N) is 2. The van der Waals surface area contributed by atoms with E-state index in [0.29, 0.717) is 11.0 Å². The van der Waals surface area contributed by atoms with E-state index in [9.17, 15) is 9.18 Å². The van der Waals surface area contributed by atoms with Crippen LogP contribution in [0.5, 0.6) is 5.75 Å². The van der Waals surface area contributed by atoms with Crippen LogP contribution in [0.1, 0.15) is 17.0 Å². The number of halogens is 1. The van der Waals surface area contributed by atoms with Crippen molar-refractivity contribution in [2.45, 2.75) is 25.6 Å². The SMILES string of the molecule is Cc1ccc(NC(=O)CSc2n[nH]c(COc3ccccc3F)n2)cc1C. The van der Waals surface area contributed by atoms with Gasteiger partial charge in [-0.15, -0.1) is 5.10 Å². The van der Waals surface area contributed by atoms with E-state index in [4.69, 9.17) is 4.74 Å². The molecule has 140 valence electrons. The largest absolute Gasteiger partial charge is 0.483 e. The lowest BCUT2D eigenvalue weighted by atomic mass is 10.1. The Morgan fingerprint density at radius 2 is 2.04 bits per heavy atom. The second kappa shape index (κ2) is 8.68. The summed E-state index contributed by atoms with van der Waals surface area (Å²) in [7, 11) is 0. The first-order valence-corrected chi connectivity index (χ1v) is 9.28. The number of amides is 1. The number of rotatable bonds is 7. The van der Waals surface area contributed by atoms with E-state index in [1.807, 2.05) is 32.0 Å². The molecule has 0 saturated carbocycles. The topological polar surface area (TPSA) is 79.9 Å². The Morgan fingerprint density at radius 1 is 1.22 bits per heavy atom. The van der Waals surface area contributed by atoms with Crippen molar-refractivity contribution in [3.05, 3.63) is 65.2 Å². The maximum atomic E-state index is 13.5. The first-order valence-electron chi connectivity index (χ1n) is 8.30. The fourth-order valence-electron chi connectivity index (χ4n) is 2.26. The molecule has 0 radical (unpaired) electrons. The molecule has 3 rings (SSSR count). The summed E-state index contributed by atoms with van der Waals surface area (Å²) in [6.07, 6.45) is 0. The predicted octanol–water partition coefficient (Wildman–Crippen LogP) is 3.87. The minimum Gasteiger partial charge on any atom is -0.483 e. The van der Waals surface area contributed by atoms with Crippen molar-refractivity contribution in [1.82, 2.24) is 15.2 Å². The molecular formula is C19H19FN4O2S. The highest BCUT2D eigenvalue weighted by molar-refractivity contribution is 7.99. The smallest absolute Gasteiger partial charge is 0.234 e. The summed E-state index contributed by atoms with van der Waals surface area (Å²) in [6, 6.07) is 11.9. The van der Waals surface area contributed by atoms with Gasteiger partial charge in [-0.05, 0) is 49.2 Å². The summed E-state index contributed by atoms with van der Waals surface area (Å²) >= 11 is 1.21. The Balaban J connectivity index is 1.48. The van der Waals surface area contributed by atoms with Crippen molar-refractivity contribution < 1.29 is 13.9 Å². The quantitative estimate of drug-likeness (QED) is 0.603. The Kier molecular flexibility index (Phi) is 6.08. The van der Waals surface area contributed by atoms with Gasteiger partial charge in [-0.1, -0.05) is 30.0 Å². The lowest BCUT2D eigenvalue weighted by Crippen LogP contribution is -2.14. The fourth-order valence-corrected chi connectivity index (χ4v) is 2.88. The van der Waals surface area contributed by atoms with Crippen molar-refractivity contribution in [2.75, 3.05) is 11.1 Å². The van der Waals surface area contributed by atoms with Gasteiger partial charge < -0.3 is 10.1 Å². The molecule has 0 aliphatic carbocycles. The minimum atomic E-state index is -0.436. The fraction of sp³-hybridized carbons (Fsp3) is 0.211. The number of aromatic nitrogens is 3. The highest BCUT2D eigenvalue weighted by Gasteiger charge is 2.10. The van der Waals surface area contributed by atoms with Crippen LogP contribution in [-0.4, -0.2) is 26.8 Å². The van der Waals surface area contributed by atoms with Crippen LogP contribution < -0.4 is 10.1 Å². The summed E-state index contributed by atoms with van der Waals surface area (Å²) in [6.45, 7) is 4.08. The lowest BCUT2D eigenvalue weighted by molar-refractivity contribution is -0.113. The van der Waals surface area contributed by atoms with Crippen molar-refractivity contribution in [2.24, 2.45) is 0 Å². The van der Waals surface area contributed by atoms with Crippen LogP contribution in [0, 0.1) is 19.7 Å². The molecule has 1 aromatic heterocycles. The molecular weight excluding hydrogens is 367 g/mol. The number of H-pyrrole nitrogens is 1. The Labute approximate surface area is 160 Å². The van der Waals surface area contributed by atoms with E-state index in [1.54, 1.807) is 18.2 Å². The van der Waals surface area contributed by atoms with Crippen LogP contribution in [0.25, 0.3) is 0 Å². The highest BCUT2D eigenvalue weighted by Crippen LogP contribution is 2.18. The number of benzene rings is 2. The number of carbonyl (C=O) groups is 1. The zero-order valence-electron chi connectivity index (χ0n) is 15.0. The molecule has 0 spiro atoms. The van der Waals surface area contributed by atoms with Gasteiger partial charge in [0.2, 0.25) is 11.1 Å². The van der Waals surface area contributed by atoms with Crippen LogP contribution in [0.15, 0.2) is 47.6 Å². The van der Waals surface area contributed by atoms with Gasteiger partial charge in [0.25, 0.3) is 0 Å². The zero-order valence-corrected chi connectivity index (χ0v) is 15.8. The maximum Gasteiger partial charge on any atom is 0.234 e. The normalized spacial score (nSPS) is 10.6. The second-order valence-electron chi connectivity index (χ2n) is 5.92. The Bertz CT molecular complexity index is 945. The third kappa shape index (κ3) is 5.30. The predicted molar refractivity (Wildman–Crippen MR) is 102 cm³/mol. The first-order chi connectivity index (χ1) is 13.0. The molecule has 27 heavy (non-hydrogen) atoms. The number of para-hydroxylation sites is 1. The number of hydrogen-bond donors (Lipinski definition) is 2. The third-order valence-electron chi connectivity index (χ3n) is 3.84. The van der Waals surface area contributed by atoms with Gasteiger partial charge in [-0.3, -0.25) is 9.89 Å². The number of thioether (sulfide) groups is 1. The van der Waals surface area contributed by atoms with Crippen LogP contribution in [0.2, 0.25) is 0 Å². The van der Waals surface area contributed by atoms with Crippen molar-refractivity contribution in [1.29, 1.82) is 0 Å². The van der Waals surface area contributed by atoms with Crippen LogP contribution in [0.4, 0.5) is 10.1 Å². The van der Waals surface area contributed by atoms with Crippen LogP contribution in [0.3, 0.4) is 0 Å². The van der Waals surface area contributed by atoms with Gasteiger partial charge in [0.05, 0.1) is 5.75 Å². The third-order valence-corrected chi connectivity index (χ3v) is 4.68. The number of carbonyl (C=O) groups excluding carboxylic acids is 1. The lowest BCUT2D eigenvalue weighted by Gasteiger charge is -2.06. The number of aromatic amines is 1. The molecule has 2 N–H and O–H groups in total. The minimum absolute atomic E-state index is 0.0589. The van der Waals surface area contributed by atoms with Crippen LogP contribution in [-0.2, 0) is 11.4 Å². The number of ether oxygens (including phenoxy) is 1. The molecule has 2 aromatic carbocycles. The van der Waals surface area contributed by atoms with E-state index >= 15 is 0 Å². The summed E-state index contributed by atoms with van der Waals surface area (Å²) in [4.78, 5) is 16.3. The van der Waals surface area contributed by atoms with Gasteiger partial charge in [0.1, 0.15) is 6.61 Å². The molecule has 8 heteroatoms. The molecule has 3 aromatic rings. The molecule has 0 bridgehead atoms. The summed E-state index contributed by atoms with van der Waals surface area (Å²) in [5, 5.41) is 10.0. The molecule has 6 nitrogen and oxygen atoms in total. The summed E-state index contributed by atoms with van der Waals surface area (Å²) in [5.41, 5.74) is 3.06. The molecule has 0 fully saturated rings. The summed E-state index contributed by atoms with van der Waals surface area (Å²) < 4.78 is 18.9. The Morgan fingerprint density at radius 3 is 2.81 bits per heavy atom. The Hall–Kier alpha value is -2.87. The number of anilines is 1. The van der Waals surface area contributed by atoms with Gasteiger partial charge >= 0.3 is 0 Å². The van der Waals surface area contributed by atoms with E-state index in [0.717, 1.165) is 11.3 Å². The zero-order chi connectivity index (χ0) is 19.2. The van der Waals surface area contributed by atoms with E-state index < -0.39 is 5.82 Å². The average Bonchev–Trinajstić information content (AvgIpc) is 3.10. The molecule has 0 atom stereocenters. The number of hydrogen-bond acceptors (Lipinski definition) is 5. The van der Waals surface area contributed by atoms with Crippen molar-refractivity contribution >= 4 is 23.4 Å². The average molecular weight is 386 g/mol. The molecule has 1 amide bonds. The summed E-state index contributed by atoms with van der Waals surface area (Å²) in [5.74, 6) is 0.205. The molecule has 0 aliphatic heterocycles. The highest BCUT2D eigenvalue weighted by atomic mass is 32.2. The first kappa shape index (κ1) is 18.9. The van der Waals surface area contributed by atoms with Crippen molar-refractivity contribution in [3.8, 4) is 5.75 Å². The van der Waals surface area contributed by atoms with E-state index in [-0.39, 0.29) is 24.0 Å². The van der Waals surface area contributed by atoms with Crippen LogP contribution >= 0.6 is 11.8 Å². The molecule has 0 aliphatic rings. The number of aryl methyl sites for hydroxylation is 2.